The van der Waals surface area contributed by atoms with E-state index in [9.17, 15) is 14.4 Å². The third kappa shape index (κ3) is 5.22. The lowest BCUT2D eigenvalue weighted by Gasteiger charge is -2.20. The van der Waals surface area contributed by atoms with Crippen molar-refractivity contribution in [3.8, 4) is 11.1 Å². The van der Waals surface area contributed by atoms with Crippen LogP contribution >= 0.6 is 0 Å². The first-order valence-corrected chi connectivity index (χ1v) is 11.7. The van der Waals surface area contributed by atoms with Gasteiger partial charge in [0.05, 0.1) is 18.6 Å². The van der Waals surface area contributed by atoms with Crippen LogP contribution in [0.3, 0.4) is 0 Å². The smallest absolute Gasteiger partial charge is 0.407 e. The van der Waals surface area contributed by atoms with Gasteiger partial charge in [0.1, 0.15) is 12.6 Å². The van der Waals surface area contributed by atoms with Gasteiger partial charge in [-0.05, 0) is 35.1 Å². The van der Waals surface area contributed by atoms with Crippen molar-refractivity contribution in [2.24, 2.45) is 5.92 Å². The molecular formula is C26H30N2O6. The quantitative estimate of drug-likeness (QED) is 0.523. The Morgan fingerprint density at radius 2 is 1.74 bits per heavy atom. The second-order valence-electron chi connectivity index (χ2n) is 8.78. The summed E-state index contributed by atoms with van der Waals surface area (Å²) < 4.78 is 11.0. The molecule has 3 N–H and O–H groups in total. The van der Waals surface area contributed by atoms with Gasteiger partial charge in [-0.3, -0.25) is 9.59 Å². The highest BCUT2D eigenvalue weighted by molar-refractivity contribution is 5.85. The van der Waals surface area contributed by atoms with Gasteiger partial charge in [-0.2, -0.15) is 0 Å². The highest BCUT2D eigenvalue weighted by atomic mass is 16.5. The number of rotatable bonds is 9. The Morgan fingerprint density at radius 3 is 2.32 bits per heavy atom. The van der Waals surface area contributed by atoms with E-state index < -0.39 is 24.0 Å². The number of nitrogens with one attached hydrogen (secondary N) is 2. The van der Waals surface area contributed by atoms with Gasteiger partial charge in [-0.1, -0.05) is 61.9 Å². The van der Waals surface area contributed by atoms with Crippen LogP contribution in [0.4, 0.5) is 4.79 Å². The van der Waals surface area contributed by atoms with Crippen LogP contribution in [0.2, 0.25) is 0 Å². The Kier molecular flexibility index (Phi) is 7.47. The molecule has 8 nitrogen and oxygen atoms in total. The number of alkyl carbamates (subject to hydrolysis) is 1. The van der Waals surface area contributed by atoms with Gasteiger partial charge in [0.2, 0.25) is 5.91 Å². The number of benzene rings is 2. The summed E-state index contributed by atoms with van der Waals surface area (Å²) in [4.78, 5) is 36.3. The van der Waals surface area contributed by atoms with Crippen molar-refractivity contribution in [2.75, 3.05) is 19.8 Å². The largest absolute Gasteiger partial charge is 0.481 e. The van der Waals surface area contributed by atoms with Crippen LogP contribution in [0.5, 0.6) is 0 Å². The molecule has 0 bridgehead atoms. The minimum atomic E-state index is -0.894. The minimum absolute atomic E-state index is 0.0571. The molecule has 34 heavy (non-hydrogen) atoms. The van der Waals surface area contributed by atoms with Crippen LogP contribution < -0.4 is 10.6 Å². The number of hydrogen-bond donors (Lipinski definition) is 3. The van der Waals surface area contributed by atoms with E-state index in [2.05, 4.69) is 34.9 Å². The van der Waals surface area contributed by atoms with Gasteiger partial charge >= 0.3 is 12.1 Å². The zero-order valence-corrected chi connectivity index (χ0v) is 19.2. The number of ether oxygens (including phenoxy) is 2. The maximum Gasteiger partial charge on any atom is 0.407 e. The van der Waals surface area contributed by atoms with Crippen LogP contribution in [0.25, 0.3) is 11.1 Å². The van der Waals surface area contributed by atoms with E-state index in [1.54, 1.807) is 0 Å². The second-order valence-corrected chi connectivity index (χ2v) is 8.78. The predicted octanol–water partition coefficient (Wildman–Crippen LogP) is 3.30. The van der Waals surface area contributed by atoms with Crippen LogP contribution in [-0.4, -0.2) is 55.0 Å². The Balaban J connectivity index is 1.31. The molecule has 3 atom stereocenters. The maximum atomic E-state index is 12.7. The van der Waals surface area contributed by atoms with Gasteiger partial charge in [-0.15, -0.1) is 0 Å². The summed E-state index contributed by atoms with van der Waals surface area (Å²) in [7, 11) is 0. The van der Waals surface area contributed by atoms with Crippen LogP contribution in [0.15, 0.2) is 48.5 Å². The van der Waals surface area contributed by atoms with Gasteiger partial charge in [-0.25, -0.2) is 4.79 Å². The number of carboxylic acid groups (broad SMARTS) is 1. The number of fused-ring (bicyclic) bond motifs is 3. The third-order valence-electron chi connectivity index (χ3n) is 6.46. The first-order valence-electron chi connectivity index (χ1n) is 11.7. The molecule has 1 aliphatic heterocycles. The monoisotopic (exact) mass is 466 g/mol. The molecule has 0 spiro atoms. The molecule has 1 aliphatic carbocycles. The van der Waals surface area contributed by atoms with Crippen molar-refractivity contribution in [2.45, 2.75) is 44.2 Å². The number of carbonyl (C=O) groups is 3. The van der Waals surface area contributed by atoms with Crippen molar-refractivity contribution < 1.29 is 29.0 Å². The normalized spacial score (nSPS) is 19.7. The fourth-order valence-electron chi connectivity index (χ4n) is 4.70. The van der Waals surface area contributed by atoms with Gasteiger partial charge in [0.15, 0.2) is 0 Å². The van der Waals surface area contributed by atoms with Crippen molar-refractivity contribution in [3.05, 3.63) is 59.7 Å². The number of amides is 2. The number of aliphatic carboxylic acids is 1. The summed E-state index contributed by atoms with van der Waals surface area (Å²) in [5, 5.41) is 14.5. The van der Waals surface area contributed by atoms with Crippen LogP contribution in [0.1, 0.15) is 43.2 Å². The molecule has 4 rings (SSSR count). The number of hydrogen-bond acceptors (Lipinski definition) is 5. The minimum Gasteiger partial charge on any atom is -0.481 e. The Bertz CT molecular complexity index is 1010. The lowest BCUT2D eigenvalue weighted by atomic mass is 9.98. The second kappa shape index (κ2) is 10.7. The summed E-state index contributed by atoms with van der Waals surface area (Å²) in [6.45, 7) is 2.45. The molecule has 0 radical (unpaired) electrons. The average molecular weight is 467 g/mol. The van der Waals surface area contributed by atoms with Crippen LogP contribution in [0, 0.1) is 5.92 Å². The van der Waals surface area contributed by atoms with Crippen molar-refractivity contribution in [1.29, 1.82) is 0 Å². The number of carbonyl (C=O) groups excluding carboxylic acids is 2. The molecule has 180 valence electrons. The Labute approximate surface area is 198 Å². The highest BCUT2D eigenvalue weighted by Crippen LogP contribution is 2.44. The molecule has 2 aliphatic rings. The molecule has 2 amide bonds. The lowest BCUT2D eigenvalue weighted by Crippen LogP contribution is -2.48. The maximum absolute atomic E-state index is 12.7. The first kappa shape index (κ1) is 23.8. The summed E-state index contributed by atoms with van der Waals surface area (Å²) >= 11 is 0. The fraction of sp³-hybridized carbons (Fsp3) is 0.423. The lowest BCUT2D eigenvalue weighted by molar-refractivity contribution is -0.141. The van der Waals surface area contributed by atoms with E-state index in [0.717, 1.165) is 22.3 Å². The van der Waals surface area contributed by atoms with Gasteiger partial charge in [0, 0.05) is 12.5 Å². The van der Waals surface area contributed by atoms with Crippen molar-refractivity contribution in [1.82, 2.24) is 10.6 Å². The summed E-state index contributed by atoms with van der Waals surface area (Å²) in [5.74, 6) is -1.84. The third-order valence-corrected chi connectivity index (χ3v) is 6.46. The number of carboxylic acids is 1. The average Bonchev–Trinajstić information content (AvgIpc) is 3.44. The Morgan fingerprint density at radius 1 is 1.09 bits per heavy atom. The van der Waals surface area contributed by atoms with E-state index in [4.69, 9.17) is 14.6 Å². The van der Waals surface area contributed by atoms with Gasteiger partial charge < -0.3 is 25.2 Å². The topological polar surface area (TPSA) is 114 Å². The molecule has 8 heteroatoms. The molecule has 2 aromatic carbocycles. The molecule has 1 heterocycles. The molecule has 2 aromatic rings. The molecule has 1 saturated heterocycles. The SMILES string of the molecule is CCC[C@@H](NC(=O)OCC1c2ccccc2-c2ccccc21)C(=O)NC[C@@H]1C[C@H](C(=O)O)CO1. The predicted molar refractivity (Wildman–Crippen MR) is 125 cm³/mol. The molecule has 0 aromatic heterocycles. The standard InChI is InChI=1S/C26H30N2O6/c1-2-7-23(24(29)27-13-17-12-16(14-33-17)25(30)31)28-26(32)34-15-22-20-10-5-3-8-18(20)19-9-4-6-11-21(19)22/h3-6,8-11,16-17,22-23H,2,7,12-15H2,1H3,(H,27,29)(H,28,32)(H,30,31)/t16-,17-,23+/m0/s1. The Hall–Kier alpha value is -3.39. The van der Waals surface area contributed by atoms with Crippen molar-refractivity contribution in [3.63, 3.8) is 0 Å². The summed E-state index contributed by atoms with van der Waals surface area (Å²) in [6, 6.07) is 15.5. The van der Waals surface area contributed by atoms with E-state index >= 15 is 0 Å². The molecular weight excluding hydrogens is 436 g/mol. The first-order chi connectivity index (χ1) is 16.5. The van der Waals surface area contributed by atoms with E-state index in [1.807, 2.05) is 31.2 Å². The molecule has 1 fully saturated rings. The van der Waals surface area contributed by atoms with E-state index in [1.165, 1.54) is 0 Å². The summed E-state index contributed by atoms with van der Waals surface area (Å²) in [6.07, 6.45) is 0.524. The molecule has 0 unspecified atom stereocenters. The van der Waals surface area contributed by atoms with E-state index in [-0.39, 0.29) is 37.7 Å². The van der Waals surface area contributed by atoms with Gasteiger partial charge in [0.25, 0.3) is 0 Å². The molecule has 0 saturated carbocycles. The summed E-state index contributed by atoms with van der Waals surface area (Å²) in [5.41, 5.74) is 4.54. The fourth-order valence-corrected chi connectivity index (χ4v) is 4.70. The highest BCUT2D eigenvalue weighted by Gasteiger charge is 2.32. The van der Waals surface area contributed by atoms with Crippen LogP contribution in [-0.2, 0) is 19.1 Å². The van der Waals surface area contributed by atoms with E-state index in [0.29, 0.717) is 19.3 Å². The zero-order chi connectivity index (χ0) is 24.1. The van der Waals surface area contributed by atoms with Crippen molar-refractivity contribution >= 4 is 18.0 Å². The zero-order valence-electron chi connectivity index (χ0n) is 19.2.